The first-order valence-corrected chi connectivity index (χ1v) is 11.5. The summed E-state index contributed by atoms with van der Waals surface area (Å²) in [4.78, 5) is 51.2. The Kier molecular flexibility index (Phi) is 9.47. The van der Waals surface area contributed by atoms with Crippen molar-refractivity contribution in [1.82, 2.24) is 26.2 Å². The van der Waals surface area contributed by atoms with Crippen molar-refractivity contribution in [3.8, 4) is 11.5 Å². The second-order valence-electron chi connectivity index (χ2n) is 8.80. The number of likely N-dealkylation sites (N-methyl/N-ethyl adjacent to an activating group) is 2. The summed E-state index contributed by atoms with van der Waals surface area (Å²) in [5.74, 6) is -0.191. The van der Waals surface area contributed by atoms with Gasteiger partial charge in [0.2, 0.25) is 23.6 Å². The summed E-state index contributed by atoms with van der Waals surface area (Å²) in [6.45, 7) is 6.41. The lowest BCUT2D eigenvalue weighted by atomic mass is 9.84. The predicted octanol–water partition coefficient (Wildman–Crippen LogP) is -0.119. The van der Waals surface area contributed by atoms with E-state index in [-0.39, 0.29) is 23.6 Å². The second kappa shape index (κ2) is 11.9. The van der Waals surface area contributed by atoms with Gasteiger partial charge in [0.15, 0.2) is 11.5 Å². The molecule has 1 heterocycles. The van der Waals surface area contributed by atoms with Gasteiger partial charge in [-0.1, -0.05) is 0 Å². The fourth-order valence-corrected chi connectivity index (χ4v) is 4.44. The number of methoxy groups -OCH3 is 2. The predicted molar refractivity (Wildman–Crippen MR) is 130 cm³/mol. The number of ether oxygens (including phenoxy) is 2. The van der Waals surface area contributed by atoms with Gasteiger partial charge in [-0.3, -0.25) is 24.1 Å². The first-order valence-electron chi connectivity index (χ1n) is 11.5. The first kappa shape index (κ1) is 27.9. The van der Waals surface area contributed by atoms with Crippen LogP contribution in [-0.4, -0.2) is 81.0 Å². The molecule has 1 aromatic rings. The minimum absolute atomic E-state index is 0.298. The highest BCUT2D eigenvalue weighted by Gasteiger charge is 2.40. The third kappa shape index (κ3) is 6.41. The van der Waals surface area contributed by atoms with Crippen LogP contribution in [0.25, 0.3) is 0 Å². The van der Waals surface area contributed by atoms with Crippen molar-refractivity contribution in [1.29, 1.82) is 0 Å². The van der Waals surface area contributed by atoms with Crippen molar-refractivity contribution in [2.45, 2.75) is 64.3 Å². The number of nitrogens with zero attached hydrogens (tertiary/aromatic N) is 1. The van der Waals surface area contributed by atoms with Crippen molar-refractivity contribution >= 4 is 23.6 Å². The molecule has 194 valence electrons. The van der Waals surface area contributed by atoms with Crippen LogP contribution >= 0.6 is 0 Å². The van der Waals surface area contributed by atoms with Crippen molar-refractivity contribution < 1.29 is 28.7 Å². The lowest BCUT2D eigenvalue weighted by molar-refractivity contribution is -0.132. The number of amides is 4. The van der Waals surface area contributed by atoms with E-state index in [0.29, 0.717) is 17.9 Å². The standard InChI is InChI=1S/C24H37N5O6/c1-12(27-23(32)14(3)26-15(4)30)21-17-11-20(35-8)19(34-7)10-16(17)9-18(29(21)6)24(33)28-13(2)22(31)25-5/h10-14,18,21H,9H2,1-8H3,(H,25,31)(H,26,30)(H,27,32)(H,28,33)/t12-,13-,14-,18-,21+/m0/s1. The highest BCUT2D eigenvalue weighted by molar-refractivity contribution is 5.90. The molecule has 2 rings (SSSR count). The topological polar surface area (TPSA) is 138 Å². The molecule has 1 aliphatic heterocycles. The smallest absolute Gasteiger partial charge is 0.242 e. The summed E-state index contributed by atoms with van der Waals surface area (Å²) < 4.78 is 11.0. The number of rotatable bonds is 9. The third-order valence-electron chi connectivity index (χ3n) is 6.27. The van der Waals surface area contributed by atoms with Crippen LogP contribution in [0.4, 0.5) is 0 Å². The number of hydrogen-bond acceptors (Lipinski definition) is 7. The number of carbonyl (C=O) groups is 4. The number of fused-ring (bicyclic) bond motifs is 1. The maximum atomic E-state index is 13.2. The van der Waals surface area contributed by atoms with Crippen LogP contribution in [0.5, 0.6) is 11.5 Å². The van der Waals surface area contributed by atoms with Crippen LogP contribution < -0.4 is 30.7 Å². The molecule has 0 saturated carbocycles. The molecule has 11 heteroatoms. The first-order chi connectivity index (χ1) is 16.4. The Bertz CT molecular complexity index is 968. The van der Waals surface area contributed by atoms with Crippen molar-refractivity contribution in [2.24, 2.45) is 0 Å². The molecule has 1 aromatic carbocycles. The molecular weight excluding hydrogens is 454 g/mol. The van der Waals surface area contributed by atoms with Gasteiger partial charge in [-0.05, 0) is 57.5 Å². The van der Waals surface area contributed by atoms with Crippen molar-refractivity contribution in [3.63, 3.8) is 0 Å². The van der Waals surface area contributed by atoms with Crippen LogP contribution in [0.1, 0.15) is 44.9 Å². The normalized spacial score (nSPS) is 19.9. The van der Waals surface area contributed by atoms with Crippen LogP contribution in [-0.2, 0) is 25.6 Å². The van der Waals surface area contributed by atoms with Gasteiger partial charge in [-0.15, -0.1) is 0 Å². The zero-order chi connectivity index (χ0) is 26.4. The monoisotopic (exact) mass is 491 g/mol. The average Bonchev–Trinajstić information content (AvgIpc) is 2.81. The van der Waals surface area contributed by atoms with Crippen molar-refractivity contribution in [3.05, 3.63) is 23.3 Å². The number of carbonyl (C=O) groups excluding carboxylic acids is 4. The van der Waals surface area contributed by atoms with E-state index in [4.69, 9.17) is 9.47 Å². The molecule has 0 saturated heterocycles. The highest BCUT2D eigenvalue weighted by Crippen LogP contribution is 2.40. The van der Waals surface area contributed by atoms with E-state index >= 15 is 0 Å². The molecule has 5 atom stereocenters. The number of hydrogen-bond donors (Lipinski definition) is 4. The maximum Gasteiger partial charge on any atom is 0.242 e. The third-order valence-corrected chi connectivity index (χ3v) is 6.27. The summed E-state index contributed by atoms with van der Waals surface area (Å²) in [6, 6.07) is 0.820. The Morgan fingerprint density at radius 1 is 0.943 bits per heavy atom. The molecular formula is C24H37N5O6. The van der Waals surface area contributed by atoms with E-state index in [0.717, 1.165) is 11.1 Å². The summed E-state index contributed by atoms with van der Waals surface area (Å²) in [5.41, 5.74) is 1.75. The van der Waals surface area contributed by atoms with Crippen LogP contribution in [0.3, 0.4) is 0 Å². The lowest BCUT2D eigenvalue weighted by Gasteiger charge is -2.43. The molecule has 11 nitrogen and oxygen atoms in total. The summed E-state index contributed by atoms with van der Waals surface area (Å²) in [6.07, 6.45) is 0.373. The van der Waals surface area contributed by atoms with Gasteiger partial charge in [-0.25, -0.2) is 0 Å². The molecule has 35 heavy (non-hydrogen) atoms. The summed E-state index contributed by atoms with van der Waals surface area (Å²) >= 11 is 0. The number of nitrogens with one attached hydrogen (secondary N) is 4. The van der Waals surface area contributed by atoms with Gasteiger partial charge < -0.3 is 30.7 Å². The van der Waals surface area contributed by atoms with Gasteiger partial charge in [-0.2, -0.15) is 0 Å². The second-order valence-corrected chi connectivity index (χ2v) is 8.80. The Morgan fingerprint density at radius 2 is 1.51 bits per heavy atom. The fourth-order valence-electron chi connectivity index (χ4n) is 4.44. The van der Waals surface area contributed by atoms with Crippen LogP contribution in [0.15, 0.2) is 12.1 Å². The van der Waals surface area contributed by atoms with E-state index in [9.17, 15) is 19.2 Å². The molecule has 0 radical (unpaired) electrons. The summed E-state index contributed by atoms with van der Waals surface area (Å²) in [5, 5.41) is 10.8. The maximum absolute atomic E-state index is 13.2. The minimum atomic E-state index is -0.721. The van der Waals surface area contributed by atoms with Gasteiger partial charge in [0.25, 0.3) is 0 Å². The molecule has 1 aliphatic rings. The zero-order valence-electron chi connectivity index (χ0n) is 21.6. The Morgan fingerprint density at radius 3 is 2.06 bits per heavy atom. The Labute approximate surface area is 206 Å². The molecule has 4 N–H and O–H groups in total. The van der Waals surface area contributed by atoms with Crippen LogP contribution in [0.2, 0.25) is 0 Å². The molecule has 0 aromatic heterocycles. The molecule has 0 unspecified atom stereocenters. The lowest BCUT2D eigenvalue weighted by Crippen LogP contribution is -2.58. The van der Waals surface area contributed by atoms with Gasteiger partial charge in [0.1, 0.15) is 12.1 Å². The van der Waals surface area contributed by atoms with E-state index in [1.54, 1.807) is 28.0 Å². The van der Waals surface area contributed by atoms with Gasteiger partial charge in [0, 0.05) is 20.0 Å². The molecule has 4 amide bonds. The molecule has 0 spiro atoms. The fraction of sp³-hybridized carbons (Fsp3) is 0.583. The Hall–Kier alpha value is -3.34. The van der Waals surface area contributed by atoms with E-state index in [2.05, 4.69) is 21.3 Å². The molecule has 0 bridgehead atoms. The number of benzene rings is 1. The van der Waals surface area contributed by atoms with Crippen LogP contribution in [0, 0.1) is 0 Å². The zero-order valence-corrected chi connectivity index (χ0v) is 21.6. The van der Waals surface area contributed by atoms with E-state index < -0.39 is 30.2 Å². The average molecular weight is 492 g/mol. The van der Waals surface area contributed by atoms with E-state index in [1.807, 2.05) is 24.0 Å². The quantitative estimate of drug-likeness (QED) is 0.378. The van der Waals surface area contributed by atoms with Gasteiger partial charge in [0.05, 0.1) is 26.3 Å². The summed E-state index contributed by atoms with van der Waals surface area (Å²) in [7, 11) is 6.40. The minimum Gasteiger partial charge on any atom is -0.493 e. The largest absolute Gasteiger partial charge is 0.493 e. The van der Waals surface area contributed by atoms with E-state index in [1.165, 1.54) is 21.1 Å². The SMILES string of the molecule is CNC(=O)[C@H](C)NC(=O)[C@@H]1Cc2cc(OC)c(OC)cc2[C@@H]([C@H](C)NC(=O)[C@H](C)NC(C)=O)N1C. The highest BCUT2D eigenvalue weighted by atomic mass is 16.5. The molecule has 0 fully saturated rings. The van der Waals surface area contributed by atoms with Crippen molar-refractivity contribution in [2.75, 3.05) is 28.3 Å². The van der Waals surface area contributed by atoms with Gasteiger partial charge >= 0.3 is 0 Å². The Balaban J connectivity index is 2.44. The molecule has 0 aliphatic carbocycles.